The first-order valence-electron chi connectivity index (χ1n) is 10.1. The number of likely N-dealkylation sites (tertiary alicyclic amines) is 1. The number of piperidine rings is 1. The first-order chi connectivity index (χ1) is 13.5. The average molecular weight is 381 g/mol. The van der Waals surface area contributed by atoms with Crippen molar-refractivity contribution in [3.63, 3.8) is 0 Å². The molecular formula is C22H27N3O3. The topological polar surface area (TPSA) is 82.5 Å². The number of aliphatic hydroxyl groups excluding tert-OH is 1. The van der Waals surface area contributed by atoms with Crippen LogP contribution in [0.5, 0.6) is 0 Å². The van der Waals surface area contributed by atoms with E-state index in [1.54, 1.807) is 11.8 Å². The lowest BCUT2D eigenvalue weighted by atomic mass is 9.75. The van der Waals surface area contributed by atoms with Crippen molar-refractivity contribution in [1.82, 2.24) is 15.2 Å². The second-order valence-electron chi connectivity index (χ2n) is 8.11. The molecule has 1 unspecified atom stereocenters. The molecule has 1 saturated heterocycles. The first-order valence-corrected chi connectivity index (χ1v) is 10.1. The molecule has 1 saturated carbocycles. The van der Waals surface area contributed by atoms with E-state index in [9.17, 15) is 14.7 Å². The van der Waals surface area contributed by atoms with E-state index in [4.69, 9.17) is 0 Å². The maximum absolute atomic E-state index is 13.0. The van der Waals surface area contributed by atoms with Crippen molar-refractivity contribution in [2.45, 2.75) is 44.8 Å². The van der Waals surface area contributed by atoms with Crippen molar-refractivity contribution in [3.05, 3.63) is 42.1 Å². The summed E-state index contributed by atoms with van der Waals surface area (Å²) in [5, 5.41) is 14.1. The Morgan fingerprint density at radius 3 is 2.61 bits per heavy atom. The standard InChI is InChI=1S/C22H27N3O3/c1-14(26)25-8-6-15(7-9-25)22(28)24-21(17-11-19(27)12-17)18-10-16-4-2-3-5-20(16)23-13-18/h2-5,10,13,15,17,19,21,27H,6-9,11-12H2,1H3,(H,24,28). The van der Waals surface area contributed by atoms with E-state index < -0.39 is 0 Å². The van der Waals surface area contributed by atoms with Crippen LogP contribution in [0.25, 0.3) is 10.9 Å². The largest absolute Gasteiger partial charge is 0.393 e. The number of benzene rings is 1. The molecule has 2 fully saturated rings. The number of nitrogens with zero attached hydrogens (tertiary/aromatic N) is 2. The van der Waals surface area contributed by atoms with Crippen LogP contribution in [0, 0.1) is 11.8 Å². The quantitative estimate of drug-likeness (QED) is 0.852. The Morgan fingerprint density at radius 1 is 1.21 bits per heavy atom. The minimum atomic E-state index is -0.281. The number of fused-ring (bicyclic) bond motifs is 1. The van der Waals surface area contributed by atoms with Gasteiger partial charge in [-0.05, 0) is 49.3 Å². The average Bonchev–Trinajstić information content (AvgIpc) is 2.69. The summed E-state index contributed by atoms with van der Waals surface area (Å²) in [6, 6.07) is 9.90. The highest BCUT2D eigenvalue weighted by atomic mass is 16.3. The highest BCUT2D eigenvalue weighted by Gasteiger charge is 2.37. The van der Waals surface area contributed by atoms with E-state index in [1.165, 1.54) is 0 Å². The number of carbonyl (C=O) groups excluding carboxylic acids is 2. The van der Waals surface area contributed by atoms with E-state index in [0.717, 1.165) is 16.5 Å². The second-order valence-corrected chi connectivity index (χ2v) is 8.11. The molecule has 2 aromatic rings. The van der Waals surface area contributed by atoms with Gasteiger partial charge in [-0.2, -0.15) is 0 Å². The zero-order valence-corrected chi connectivity index (χ0v) is 16.2. The van der Waals surface area contributed by atoms with E-state index in [-0.39, 0.29) is 35.8 Å². The minimum Gasteiger partial charge on any atom is -0.393 e. The van der Waals surface area contributed by atoms with Gasteiger partial charge in [0, 0.05) is 37.5 Å². The number of nitrogens with one attached hydrogen (secondary N) is 1. The number of carbonyl (C=O) groups is 2. The molecule has 1 aromatic heterocycles. The number of hydrogen-bond acceptors (Lipinski definition) is 4. The highest BCUT2D eigenvalue weighted by Crippen LogP contribution is 2.39. The minimum absolute atomic E-state index is 0.0442. The van der Waals surface area contributed by atoms with E-state index in [1.807, 2.05) is 30.5 Å². The van der Waals surface area contributed by atoms with Gasteiger partial charge in [0.1, 0.15) is 0 Å². The van der Waals surface area contributed by atoms with Gasteiger partial charge in [-0.15, -0.1) is 0 Å². The highest BCUT2D eigenvalue weighted by molar-refractivity contribution is 5.81. The van der Waals surface area contributed by atoms with Crippen LogP contribution >= 0.6 is 0 Å². The van der Waals surface area contributed by atoms with Gasteiger partial charge in [-0.1, -0.05) is 18.2 Å². The monoisotopic (exact) mass is 381 g/mol. The number of aromatic nitrogens is 1. The number of pyridine rings is 1. The molecule has 2 heterocycles. The van der Waals surface area contributed by atoms with Gasteiger partial charge in [0.2, 0.25) is 11.8 Å². The summed E-state index contributed by atoms with van der Waals surface area (Å²) >= 11 is 0. The molecule has 148 valence electrons. The molecule has 4 rings (SSSR count). The Kier molecular flexibility index (Phi) is 5.31. The lowest BCUT2D eigenvalue weighted by molar-refractivity contribution is -0.134. The lowest BCUT2D eigenvalue weighted by Crippen LogP contribution is -2.46. The summed E-state index contributed by atoms with van der Waals surface area (Å²) in [6.45, 7) is 2.85. The van der Waals surface area contributed by atoms with Crippen molar-refractivity contribution in [2.75, 3.05) is 13.1 Å². The SMILES string of the molecule is CC(=O)N1CCC(C(=O)NC(c2cnc3ccccc3c2)C2CC(O)C2)CC1. The van der Waals surface area contributed by atoms with Crippen LogP contribution in [0.15, 0.2) is 36.5 Å². The fraction of sp³-hybridized carbons (Fsp3) is 0.500. The van der Waals surface area contributed by atoms with E-state index in [2.05, 4.69) is 16.4 Å². The Labute approximate surface area is 164 Å². The predicted molar refractivity (Wildman–Crippen MR) is 106 cm³/mol. The zero-order valence-electron chi connectivity index (χ0n) is 16.2. The van der Waals surface area contributed by atoms with Crippen molar-refractivity contribution in [1.29, 1.82) is 0 Å². The van der Waals surface area contributed by atoms with Gasteiger partial charge in [0.25, 0.3) is 0 Å². The third kappa shape index (κ3) is 3.87. The second kappa shape index (κ2) is 7.87. The van der Waals surface area contributed by atoms with Crippen LogP contribution in [0.2, 0.25) is 0 Å². The fourth-order valence-corrected chi connectivity index (χ4v) is 4.36. The summed E-state index contributed by atoms with van der Waals surface area (Å²) in [6.07, 6.45) is 4.34. The van der Waals surface area contributed by atoms with Crippen LogP contribution < -0.4 is 5.32 Å². The number of hydrogen-bond donors (Lipinski definition) is 2. The van der Waals surface area contributed by atoms with Crippen molar-refractivity contribution in [3.8, 4) is 0 Å². The Hall–Kier alpha value is -2.47. The van der Waals surface area contributed by atoms with Gasteiger partial charge in [0.15, 0.2) is 0 Å². The normalized spacial score (nSPS) is 23.9. The molecule has 6 nitrogen and oxygen atoms in total. The Balaban J connectivity index is 1.50. The van der Waals surface area contributed by atoms with Crippen LogP contribution in [0.1, 0.15) is 44.2 Å². The third-order valence-corrected chi connectivity index (χ3v) is 6.20. The van der Waals surface area contributed by atoms with Crippen LogP contribution in [-0.4, -0.2) is 46.0 Å². The van der Waals surface area contributed by atoms with Crippen molar-refractivity contribution < 1.29 is 14.7 Å². The summed E-state index contributed by atoms with van der Waals surface area (Å²) in [5.41, 5.74) is 1.92. The van der Waals surface area contributed by atoms with Gasteiger partial charge in [-0.3, -0.25) is 14.6 Å². The fourth-order valence-electron chi connectivity index (χ4n) is 4.36. The maximum Gasteiger partial charge on any atom is 0.223 e. The molecular weight excluding hydrogens is 354 g/mol. The maximum atomic E-state index is 13.0. The van der Waals surface area contributed by atoms with Crippen molar-refractivity contribution in [2.24, 2.45) is 11.8 Å². The van der Waals surface area contributed by atoms with Crippen LogP contribution in [0.4, 0.5) is 0 Å². The molecule has 2 aliphatic rings. The van der Waals surface area contributed by atoms with Crippen LogP contribution in [-0.2, 0) is 9.59 Å². The van der Waals surface area contributed by atoms with Gasteiger partial charge in [-0.25, -0.2) is 0 Å². The summed E-state index contributed by atoms with van der Waals surface area (Å²) < 4.78 is 0. The van der Waals surface area contributed by atoms with E-state index >= 15 is 0 Å². The molecule has 2 amide bonds. The van der Waals surface area contributed by atoms with Gasteiger partial charge < -0.3 is 15.3 Å². The molecule has 1 aromatic carbocycles. The van der Waals surface area contributed by atoms with Crippen molar-refractivity contribution >= 4 is 22.7 Å². The smallest absolute Gasteiger partial charge is 0.223 e. The first kappa shape index (κ1) is 18.9. The zero-order chi connectivity index (χ0) is 19.7. The molecule has 28 heavy (non-hydrogen) atoms. The molecule has 0 radical (unpaired) electrons. The Bertz CT molecular complexity index is 870. The lowest BCUT2D eigenvalue weighted by Gasteiger charge is -2.39. The molecule has 2 N–H and O–H groups in total. The number of rotatable bonds is 4. The van der Waals surface area contributed by atoms with E-state index in [0.29, 0.717) is 38.8 Å². The number of para-hydroxylation sites is 1. The molecule has 0 spiro atoms. The molecule has 1 aliphatic heterocycles. The van der Waals surface area contributed by atoms with Crippen LogP contribution in [0.3, 0.4) is 0 Å². The third-order valence-electron chi connectivity index (χ3n) is 6.20. The molecule has 6 heteroatoms. The number of amides is 2. The van der Waals surface area contributed by atoms with Gasteiger partial charge >= 0.3 is 0 Å². The molecule has 1 aliphatic carbocycles. The van der Waals surface area contributed by atoms with Gasteiger partial charge in [0.05, 0.1) is 17.7 Å². The summed E-state index contributed by atoms with van der Waals surface area (Å²) in [7, 11) is 0. The summed E-state index contributed by atoms with van der Waals surface area (Å²) in [4.78, 5) is 30.8. The summed E-state index contributed by atoms with van der Waals surface area (Å²) in [5.74, 6) is 0.265. The number of aliphatic hydroxyl groups is 1. The molecule has 0 bridgehead atoms. The predicted octanol–water partition coefficient (Wildman–Crippen LogP) is 2.42. The Morgan fingerprint density at radius 2 is 1.93 bits per heavy atom. The molecule has 1 atom stereocenters.